The third-order valence-corrected chi connectivity index (χ3v) is 14.9. The second-order valence-corrected chi connectivity index (χ2v) is 18.0. The second-order valence-electron chi connectivity index (χ2n) is 15.8. The topological polar surface area (TPSA) is 32.3 Å². The van der Waals surface area contributed by atoms with Crippen LogP contribution < -0.4 is 9.80 Å². The molecule has 4 heterocycles. The number of hydrogen-bond acceptors (Lipinski definition) is 6. The van der Waals surface area contributed by atoms with Gasteiger partial charge in [-0.25, -0.2) is 0 Å². The van der Waals surface area contributed by atoms with Gasteiger partial charge >= 0.3 is 0 Å². The molecule has 0 fully saturated rings. The molecule has 0 N–H and O–H groups in total. The van der Waals surface area contributed by atoms with Gasteiger partial charge < -0.3 is 9.80 Å². The lowest BCUT2D eigenvalue weighted by Crippen LogP contribution is -2.29. The largest absolute Gasteiger partial charge is 0.308 e. The van der Waals surface area contributed by atoms with Crippen molar-refractivity contribution in [2.45, 2.75) is 25.0 Å². The molecule has 8 aromatic carbocycles. The lowest BCUT2D eigenvalue weighted by molar-refractivity contribution is 0.763. The number of nitrogens with zero attached hydrogens (tertiary/aromatic N) is 4. The van der Waals surface area contributed by atoms with Crippen molar-refractivity contribution in [3.63, 3.8) is 0 Å². The van der Waals surface area contributed by atoms with Crippen LogP contribution in [0.1, 0.15) is 22.3 Å². The summed E-state index contributed by atoms with van der Waals surface area (Å²) in [5.41, 5.74) is 13.9. The molecule has 4 nitrogen and oxygen atoms in total. The summed E-state index contributed by atoms with van der Waals surface area (Å²) in [6, 6.07) is 67.3. The highest BCUT2D eigenvalue weighted by Crippen LogP contribution is 2.61. The molecule has 0 radical (unpaired) electrons. The Morgan fingerprint density at radius 1 is 0.344 bits per heavy atom. The molecule has 0 saturated heterocycles. The Balaban J connectivity index is 0.978. The van der Waals surface area contributed by atoms with Crippen molar-refractivity contribution in [2.75, 3.05) is 9.80 Å². The third-order valence-electron chi connectivity index (χ3n) is 12.6. The SMILES string of the molecule is c1ccc2c(c1)Sc1ccccc1N2c1ccc2cc3cc(N4c5ccccc5Sc5cc6c(cc54)C(c4ccncc4)(c4ccncc4)c4ccccc4-6)ccc3cc2c1. The minimum absolute atomic E-state index is 0.557. The Labute approximate surface area is 362 Å². The minimum atomic E-state index is -0.557. The number of para-hydroxylation sites is 3. The van der Waals surface area contributed by atoms with E-state index in [1.807, 2.05) is 48.3 Å². The Kier molecular flexibility index (Phi) is 7.65. The molecule has 0 bridgehead atoms. The molecule has 0 atom stereocenters. The highest BCUT2D eigenvalue weighted by atomic mass is 32.2. The number of hydrogen-bond donors (Lipinski definition) is 0. The molecule has 1 aliphatic carbocycles. The first-order valence-electron chi connectivity index (χ1n) is 20.5. The van der Waals surface area contributed by atoms with Crippen molar-refractivity contribution in [1.82, 2.24) is 9.97 Å². The maximum Gasteiger partial charge on any atom is 0.0716 e. The van der Waals surface area contributed by atoms with Crippen molar-refractivity contribution in [1.29, 1.82) is 0 Å². The maximum absolute atomic E-state index is 4.46. The van der Waals surface area contributed by atoms with Gasteiger partial charge in [-0.2, -0.15) is 0 Å². The van der Waals surface area contributed by atoms with Crippen LogP contribution in [-0.4, -0.2) is 9.97 Å². The van der Waals surface area contributed by atoms with Gasteiger partial charge in [0.15, 0.2) is 0 Å². The van der Waals surface area contributed by atoms with Crippen LogP contribution >= 0.6 is 23.5 Å². The summed E-state index contributed by atoms with van der Waals surface area (Å²) >= 11 is 3.70. The minimum Gasteiger partial charge on any atom is -0.308 e. The first kappa shape index (κ1) is 34.7. The van der Waals surface area contributed by atoms with Gasteiger partial charge in [-0.3, -0.25) is 9.97 Å². The summed E-state index contributed by atoms with van der Waals surface area (Å²) in [7, 11) is 0. The Bertz CT molecular complexity index is 3320. The smallest absolute Gasteiger partial charge is 0.0716 e. The summed E-state index contributed by atoms with van der Waals surface area (Å²) in [5, 5.41) is 4.85. The quantitative estimate of drug-likeness (QED) is 0.165. The second kappa shape index (κ2) is 13.4. The maximum atomic E-state index is 4.46. The van der Waals surface area contributed by atoms with Gasteiger partial charge in [-0.1, -0.05) is 96.3 Å². The van der Waals surface area contributed by atoms with E-state index >= 15 is 0 Å². The van der Waals surface area contributed by atoms with Crippen molar-refractivity contribution in [2.24, 2.45) is 0 Å². The Morgan fingerprint density at radius 3 is 1.38 bits per heavy atom. The van der Waals surface area contributed by atoms with Crippen LogP contribution in [0.4, 0.5) is 34.1 Å². The zero-order valence-electron chi connectivity index (χ0n) is 32.7. The van der Waals surface area contributed by atoms with E-state index in [9.17, 15) is 0 Å². The highest BCUT2D eigenvalue weighted by molar-refractivity contribution is 8.00. The summed E-state index contributed by atoms with van der Waals surface area (Å²) < 4.78 is 0. The fourth-order valence-electron chi connectivity index (χ4n) is 10.0. The summed E-state index contributed by atoms with van der Waals surface area (Å²) in [6.45, 7) is 0. The van der Waals surface area contributed by atoms with E-state index in [0.29, 0.717) is 0 Å². The van der Waals surface area contributed by atoms with Gasteiger partial charge in [-0.15, -0.1) is 0 Å². The van der Waals surface area contributed by atoms with E-state index < -0.39 is 5.41 Å². The monoisotopic (exact) mass is 814 g/mol. The molecule has 6 heteroatoms. The summed E-state index contributed by atoms with van der Waals surface area (Å²) in [5.74, 6) is 0. The van der Waals surface area contributed by atoms with Gasteiger partial charge in [0, 0.05) is 55.7 Å². The van der Waals surface area contributed by atoms with Crippen LogP contribution in [0.15, 0.2) is 226 Å². The zero-order valence-corrected chi connectivity index (χ0v) is 34.4. The molecule has 2 aromatic heterocycles. The lowest BCUT2D eigenvalue weighted by Gasteiger charge is -2.37. The zero-order chi connectivity index (χ0) is 40.1. The van der Waals surface area contributed by atoms with Crippen molar-refractivity contribution in [3.8, 4) is 11.1 Å². The highest BCUT2D eigenvalue weighted by Gasteiger charge is 2.47. The fraction of sp³-hybridized carbons (Fsp3) is 0.0182. The van der Waals surface area contributed by atoms with Crippen molar-refractivity contribution in [3.05, 3.63) is 229 Å². The standard InChI is InChI=1S/C55H34N4S2/c1-2-10-45-43(9-1)44-33-54-50(34-46(44)55(45,39-21-25-56-26-22-39)40-23-27-57-28-24-40)59(49-13-5-8-16-53(49)61-54)42-20-18-36-29-37-31-41(19-17-35(37)30-38(36)32-42)58-47-11-3-6-14-51(47)60-52-15-7-4-12-48(52)58/h1-34H. The van der Waals surface area contributed by atoms with Crippen molar-refractivity contribution >= 4 is 79.2 Å². The predicted molar refractivity (Wildman–Crippen MR) is 252 cm³/mol. The molecule has 286 valence electrons. The van der Waals surface area contributed by atoms with Crippen LogP contribution in [0, 0.1) is 0 Å². The van der Waals surface area contributed by atoms with Gasteiger partial charge in [0.05, 0.1) is 28.2 Å². The van der Waals surface area contributed by atoms with Gasteiger partial charge in [0.1, 0.15) is 0 Å². The summed E-state index contributed by atoms with van der Waals surface area (Å²) in [6.07, 6.45) is 7.67. The Morgan fingerprint density at radius 2 is 0.820 bits per heavy atom. The molecule has 0 amide bonds. The number of aromatic nitrogens is 2. The molecule has 0 spiro atoms. The van der Waals surface area contributed by atoms with Crippen LogP contribution in [0.25, 0.3) is 32.7 Å². The van der Waals surface area contributed by atoms with Crippen LogP contribution in [0.5, 0.6) is 0 Å². The first-order valence-corrected chi connectivity index (χ1v) is 22.2. The van der Waals surface area contributed by atoms with E-state index in [0.717, 1.165) is 11.4 Å². The molecule has 13 rings (SSSR count). The van der Waals surface area contributed by atoms with Gasteiger partial charge in [0.2, 0.25) is 0 Å². The number of anilines is 6. The first-order chi connectivity index (χ1) is 30.2. The van der Waals surface area contributed by atoms with E-state index in [4.69, 9.17) is 0 Å². The number of rotatable bonds is 4. The van der Waals surface area contributed by atoms with E-state index in [1.54, 1.807) is 0 Å². The van der Waals surface area contributed by atoms with E-state index in [2.05, 4.69) is 202 Å². The third kappa shape index (κ3) is 5.16. The molecule has 3 aliphatic rings. The van der Waals surface area contributed by atoms with Gasteiger partial charge in [0.25, 0.3) is 0 Å². The fourth-order valence-corrected chi connectivity index (χ4v) is 12.2. The molecular formula is C55H34N4S2. The van der Waals surface area contributed by atoms with Crippen LogP contribution in [-0.2, 0) is 5.41 Å². The van der Waals surface area contributed by atoms with Crippen molar-refractivity contribution < 1.29 is 0 Å². The normalized spacial score (nSPS) is 14.2. The molecule has 10 aromatic rings. The van der Waals surface area contributed by atoms with E-state index in [-0.39, 0.29) is 0 Å². The number of pyridine rings is 2. The van der Waals surface area contributed by atoms with Gasteiger partial charge in [-0.05, 0) is 164 Å². The number of benzene rings is 8. The number of fused-ring (bicyclic) bond motifs is 9. The molecule has 2 aliphatic heterocycles. The molecule has 0 saturated carbocycles. The lowest BCUT2D eigenvalue weighted by atomic mass is 9.68. The summed E-state index contributed by atoms with van der Waals surface area (Å²) in [4.78, 5) is 18.8. The van der Waals surface area contributed by atoms with Crippen LogP contribution in [0.3, 0.4) is 0 Å². The predicted octanol–water partition coefficient (Wildman–Crippen LogP) is 15.0. The molecular weight excluding hydrogens is 781 g/mol. The average molecular weight is 815 g/mol. The Hall–Kier alpha value is -7.12. The molecule has 61 heavy (non-hydrogen) atoms. The molecule has 0 unspecified atom stereocenters. The van der Waals surface area contributed by atoms with E-state index in [1.165, 1.54) is 97.3 Å². The van der Waals surface area contributed by atoms with Crippen LogP contribution in [0.2, 0.25) is 0 Å². The average Bonchev–Trinajstić information content (AvgIpc) is 3.61.